The molecule has 4 rings (SSSR count). The fourth-order valence-electron chi connectivity index (χ4n) is 6.91. The monoisotopic (exact) mass is 340 g/mol. The van der Waals surface area contributed by atoms with Crippen LogP contribution in [0.2, 0.25) is 0 Å². The van der Waals surface area contributed by atoms with Gasteiger partial charge in [-0.2, -0.15) is 0 Å². The first-order valence-electron chi connectivity index (χ1n) is 9.92. The third-order valence-corrected chi connectivity index (χ3v) is 8.51. The van der Waals surface area contributed by atoms with E-state index in [1.54, 1.807) is 18.3 Å². The highest BCUT2D eigenvalue weighted by Crippen LogP contribution is 2.68. The molecule has 0 bridgehead atoms. The van der Waals surface area contributed by atoms with Crippen LogP contribution in [-0.4, -0.2) is 17.8 Å². The van der Waals surface area contributed by atoms with Gasteiger partial charge in [-0.25, -0.2) is 0 Å². The molecule has 0 aromatic carbocycles. The molecule has 2 saturated carbocycles. The van der Waals surface area contributed by atoms with Crippen molar-refractivity contribution >= 4 is 0 Å². The van der Waals surface area contributed by atoms with Gasteiger partial charge in [0.25, 0.3) is 0 Å². The number of methoxy groups -OCH3 is 1. The molecule has 0 aliphatic heterocycles. The maximum Gasteiger partial charge on any atom is 0.0959 e. The van der Waals surface area contributed by atoms with Crippen molar-refractivity contribution in [3.8, 4) is 0 Å². The maximum absolute atomic E-state index is 11.3. The molecule has 0 aromatic heterocycles. The second kappa shape index (κ2) is 5.63. The van der Waals surface area contributed by atoms with Gasteiger partial charge in [0.2, 0.25) is 0 Å². The lowest BCUT2D eigenvalue weighted by Gasteiger charge is -2.58. The number of fused-ring (bicyclic) bond motifs is 4. The van der Waals surface area contributed by atoms with Crippen molar-refractivity contribution in [3.63, 3.8) is 0 Å². The average molecular weight is 341 g/mol. The third-order valence-electron chi connectivity index (χ3n) is 8.51. The van der Waals surface area contributed by atoms with Crippen LogP contribution < -0.4 is 0 Å². The Hall–Kier alpha value is -1.24. The minimum Gasteiger partial charge on any atom is -0.501 e. The maximum atomic E-state index is 11.3. The van der Waals surface area contributed by atoms with Crippen LogP contribution in [-0.2, 0) is 4.74 Å². The summed E-state index contributed by atoms with van der Waals surface area (Å²) in [5, 5.41) is 11.3. The molecule has 0 radical (unpaired) electrons. The molecule has 2 heteroatoms. The summed E-state index contributed by atoms with van der Waals surface area (Å²) < 4.78 is 5.53. The van der Waals surface area contributed by atoms with Gasteiger partial charge in [0.15, 0.2) is 0 Å². The van der Waals surface area contributed by atoms with Crippen LogP contribution in [0.1, 0.15) is 65.2 Å². The molecule has 4 aliphatic carbocycles. The molecule has 0 spiro atoms. The highest BCUT2D eigenvalue weighted by Gasteiger charge is 2.63. The SMILES string of the molecule is C=C=C[C@]1(O)CC[C@H]2[C@@H]3CCC4=C(CC=C(OC)C4)[C@@]3(C)CC[C@@]21C. The smallest absolute Gasteiger partial charge is 0.0959 e. The molecule has 5 atom stereocenters. The number of rotatable bonds is 2. The summed E-state index contributed by atoms with van der Waals surface area (Å²) >= 11 is 0. The summed E-state index contributed by atoms with van der Waals surface area (Å²) in [7, 11) is 1.79. The van der Waals surface area contributed by atoms with Crippen molar-refractivity contribution in [2.45, 2.75) is 70.8 Å². The van der Waals surface area contributed by atoms with Gasteiger partial charge >= 0.3 is 0 Å². The molecule has 0 saturated heterocycles. The standard InChI is InChI=1S/C23H32O2/c1-5-11-23(24)12-10-20-19-8-6-16-15-17(25-4)7-9-18(16)21(19,2)13-14-22(20,23)3/h7,11,19-20,24H,1,6,8-10,12-15H2,2-4H3/t19-,20-,21+,22-,23-/m0/s1. The fraction of sp³-hybridized carbons (Fsp3) is 0.696. The van der Waals surface area contributed by atoms with Crippen LogP contribution in [0.15, 0.2) is 41.4 Å². The predicted octanol–water partition coefficient (Wildman–Crippen LogP) is 5.31. The second-order valence-electron chi connectivity index (χ2n) is 9.24. The summed E-state index contributed by atoms with van der Waals surface area (Å²) in [5.41, 5.74) is 5.79. The lowest BCUT2D eigenvalue weighted by molar-refractivity contribution is -0.0970. The largest absolute Gasteiger partial charge is 0.501 e. The van der Waals surface area contributed by atoms with E-state index in [0.29, 0.717) is 17.3 Å². The summed E-state index contributed by atoms with van der Waals surface area (Å²) in [6.07, 6.45) is 13.0. The molecule has 2 nitrogen and oxygen atoms in total. The number of hydrogen-bond acceptors (Lipinski definition) is 2. The average Bonchev–Trinajstić information content (AvgIpc) is 2.86. The summed E-state index contributed by atoms with van der Waals surface area (Å²) in [6, 6.07) is 0. The highest BCUT2D eigenvalue weighted by atomic mass is 16.5. The molecule has 0 heterocycles. The van der Waals surface area contributed by atoms with E-state index in [-0.39, 0.29) is 5.41 Å². The van der Waals surface area contributed by atoms with E-state index in [1.807, 2.05) is 6.08 Å². The zero-order valence-electron chi connectivity index (χ0n) is 16.0. The quantitative estimate of drug-likeness (QED) is 0.545. The Morgan fingerprint density at radius 3 is 2.76 bits per heavy atom. The highest BCUT2D eigenvalue weighted by molar-refractivity contribution is 5.36. The number of allylic oxidation sites excluding steroid dienone is 3. The van der Waals surface area contributed by atoms with E-state index >= 15 is 0 Å². The van der Waals surface area contributed by atoms with Gasteiger partial charge in [0.05, 0.1) is 18.5 Å². The molecule has 4 aliphatic rings. The van der Waals surface area contributed by atoms with Gasteiger partial charge < -0.3 is 9.84 Å². The van der Waals surface area contributed by atoms with Crippen LogP contribution >= 0.6 is 0 Å². The molecule has 136 valence electrons. The van der Waals surface area contributed by atoms with Crippen molar-refractivity contribution in [1.82, 2.24) is 0 Å². The van der Waals surface area contributed by atoms with Crippen molar-refractivity contribution in [2.24, 2.45) is 22.7 Å². The van der Waals surface area contributed by atoms with E-state index in [4.69, 9.17) is 4.74 Å². The first-order valence-corrected chi connectivity index (χ1v) is 9.92. The predicted molar refractivity (Wildman–Crippen MR) is 101 cm³/mol. The van der Waals surface area contributed by atoms with Crippen molar-refractivity contribution in [1.29, 1.82) is 0 Å². The van der Waals surface area contributed by atoms with Gasteiger partial charge in [-0.1, -0.05) is 31.6 Å². The Balaban J connectivity index is 1.69. The molecule has 0 unspecified atom stereocenters. The van der Waals surface area contributed by atoms with E-state index in [2.05, 4.69) is 32.2 Å². The molecule has 25 heavy (non-hydrogen) atoms. The third kappa shape index (κ3) is 2.20. The van der Waals surface area contributed by atoms with E-state index in [9.17, 15) is 5.11 Å². The Kier molecular flexibility index (Phi) is 3.87. The number of hydrogen-bond donors (Lipinski definition) is 1. The molecular weight excluding hydrogens is 308 g/mol. The van der Waals surface area contributed by atoms with Gasteiger partial charge in [-0.05, 0) is 74.3 Å². The molecule has 1 N–H and O–H groups in total. The molecule has 0 amide bonds. The van der Waals surface area contributed by atoms with Crippen LogP contribution in [0, 0.1) is 22.7 Å². The first kappa shape index (κ1) is 17.2. The Bertz CT molecular complexity index is 695. The normalized spacial score (nSPS) is 45.7. The second-order valence-corrected chi connectivity index (χ2v) is 9.24. The summed E-state index contributed by atoms with van der Waals surface area (Å²) in [6.45, 7) is 8.57. The zero-order valence-corrected chi connectivity index (χ0v) is 16.0. The number of ether oxygens (including phenoxy) is 1. The summed E-state index contributed by atoms with van der Waals surface area (Å²) in [5.74, 6) is 2.44. The van der Waals surface area contributed by atoms with Crippen LogP contribution in [0.5, 0.6) is 0 Å². The minimum atomic E-state index is -0.717. The van der Waals surface area contributed by atoms with Gasteiger partial charge in [-0.15, -0.1) is 5.73 Å². The Morgan fingerprint density at radius 2 is 2.04 bits per heavy atom. The lowest BCUT2D eigenvalue weighted by Crippen LogP contribution is -2.53. The topological polar surface area (TPSA) is 29.5 Å². The molecule has 0 aromatic rings. The van der Waals surface area contributed by atoms with Crippen molar-refractivity contribution < 1.29 is 9.84 Å². The fourth-order valence-corrected chi connectivity index (χ4v) is 6.91. The Labute approximate surface area is 152 Å². The van der Waals surface area contributed by atoms with Crippen molar-refractivity contribution in [2.75, 3.05) is 7.11 Å². The molecular formula is C23H32O2. The van der Waals surface area contributed by atoms with Gasteiger partial charge in [0, 0.05) is 11.8 Å². The van der Waals surface area contributed by atoms with E-state index in [1.165, 1.54) is 19.3 Å². The zero-order chi connectivity index (χ0) is 17.9. The lowest BCUT2D eigenvalue weighted by atomic mass is 9.47. The van der Waals surface area contributed by atoms with Gasteiger partial charge in [-0.3, -0.25) is 0 Å². The van der Waals surface area contributed by atoms with Crippen LogP contribution in [0.3, 0.4) is 0 Å². The molecule has 2 fully saturated rings. The van der Waals surface area contributed by atoms with Gasteiger partial charge in [0.1, 0.15) is 0 Å². The van der Waals surface area contributed by atoms with E-state index < -0.39 is 5.60 Å². The minimum absolute atomic E-state index is 0.0257. The van der Waals surface area contributed by atoms with Crippen LogP contribution in [0.25, 0.3) is 0 Å². The Morgan fingerprint density at radius 1 is 1.24 bits per heavy atom. The van der Waals surface area contributed by atoms with Crippen LogP contribution in [0.4, 0.5) is 0 Å². The van der Waals surface area contributed by atoms with E-state index in [0.717, 1.165) is 37.9 Å². The number of aliphatic hydroxyl groups is 1. The first-order chi connectivity index (χ1) is 11.9. The summed E-state index contributed by atoms with van der Waals surface area (Å²) in [4.78, 5) is 0. The van der Waals surface area contributed by atoms with Crippen molar-refractivity contribution in [3.05, 3.63) is 41.4 Å².